The highest BCUT2D eigenvalue weighted by Gasteiger charge is 2.30. The van der Waals surface area contributed by atoms with Gasteiger partial charge in [0.15, 0.2) is 0 Å². The number of aryl methyl sites for hydroxylation is 1. The van der Waals surface area contributed by atoms with E-state index in [1.807, 2.05) is 0 Å². The highest BCUT2D eigenvalue weighted by molar-refractivity contribution is 7.07. The SMILES string of the molecule is CC(C)C1CCC(O)C(CCc2ccsc2)C1. The topological polar surface area (TPSA) is 20.2 Å². The Labute approximate surface area is 109 Å². The van der Waals surface area contributed by atoms with E-state index in [2.05, 4.69) is 30.7 Å². The fourth-order valence-corrected chi connectivity index (χ4v) is 3.69. The van der Waals surface area contributed by atoms with Crippen molar-refractivity contribution < 1.29 is 5.11 Å². The molecule has 0 radical (unpaired) electrons. The molecule has 1 saturated carbocycles. The summed E-state index contributed by atoms with van der Waals surface area (Å²) in [5.41, 5.74) is 1.44. The lowest BCUT2D eigenvalue weighted by atomic mass is 9.73. The van der Waals surface area contributed by atoms with Crippen LogP contribution in [0.25, 0.3) is 0 Å². The standard InChI is InChI=1S/C15H24OS/c1-11(2)13-5-6-15(16)14(9-13)4-3-12-7-8-17-10-12/h7-8,10-11,13-16H,3-6,9H2,1-2H3. The molecule has 1 aliphatic carbocycles. The first-order valence-corrected chi connectivity index (χ1v) is 7.80. The first-order valence-electron chi connectivity index (χ1n) is 6.86. The highest BCUT2D eigenvalue weighted by atomic mass is 32.1. The summed E-state index contributed by atoms with van der Waals surface area (Å²) in [6.45, 7) is 4.64. The van der Waals surface area contributed by atoms with Crippen LogP contribution in [-0.2, 0) is 6.42 Å². The Morgan fingerprint density at radius 1 is 1.41 bits per heavy atom. The van der Waals surface area contributed by atoms with Gasteiger partial charge in [0, 0.05) is 0 Å². The molecule has 1 fully saturated rings. The molecular weight excluding hydrogens is 228 g/mol. The zero-order valence-corrected chi connectivity index (χ0v) is 11.7. The van der Waals surface area contributed by atoms with Crippen LogP contribution in [0.3, 0.4) is 0 Å². The van der Waals surface area contributed by atoms with Gasteiger partial charge in [-0.3, -0.25) is 0 Å². The van der Waals surface area contributed by atoms with E-state index in [0.717, 1.165) is 31.1 Å². The summed E-state index contributed by atoms with van der Waals surface area (Å²) >= 11 is 1.77. The van der Waals surface area contributed by atoms with Gasteiger partial charge in [-0.15, -0.1) is 0 Å². The third-order valence-electron chi connectivity index (χ3n) is 4.31. The van der Waals surface area contributed by atoms with Crippen molar-refractivity contribution in [1.82, 2.24) is 0 Å². The predicted molar refractivity (Wildman–Crippen MR) is 74.3 cm³/mol. The molecule has 17 heavy (non-hydrogen) atoms. The molecule has 2 heteroatoms. The first kappa shape index (κ1) is 13.1. The van der Waals surface area contributed by atoms with Gasteiger partial charge in [0.05, 0.1) is 6.10 Å². The Kier molecular flexibility index (Phi) is 4.63. The smallest absolute Gasteiger partial charge is 0.0568 e. The molecule has 1 heterocycles. The average Bonchev–Trinajstić information content (AvgIpc) is 2.80. The molecule has 1 aromatic heterocycles. The van der Waals surface area contributed by atoms with Crippen molar-refractivity contribution in [2.75, 3.05) is 0 Å². The Hall–Kier alpha value is -0.340. The summed E-state index contributed by atoms with van der Waals surface area (Å²) in [5, 5.41) is 14.5. The van der Waals surface area contributed by atoms with Crippen molar-refractivity contribution in [2.45, 2.75) is 52.1 Å². The van der Waals surface area contributed by atoms with Crippen LogP contribution in [0.15, 0.2) is 16.8 Å². The summed E-state index contributed by atoms with van der Waals surface area (Å²) in [5.74, 6) is 2.12. The summed E-state index contributed by atoms with van der Waals surface area (Å²) in [6.07, 6.45) is 5.69. The number of hydrogen-bond acceptors (Lipinski definition) is 2. The van der Waals surface area contributed by atoms with Crippen molar-refractivity contribution in [2.24, 2.45) is 17.8 Å². The maximum Gasteiger partial charge on any atom is 0.0568 e. The molecule has 1 N–H and O–H groups in total. The van der Waals surface area contributed by atoms with Crippen molar-refractivity contribution in [3.05, 3.63) is 22.4 Å². The van der Waals surface area contributed by atoms with Crippen LogP contribution in [0, 0.1) is 17.8 Å². The van der Waals surface area contributed by atoms with Crippen LogP contribution in [0.5, 0.6) is 0 Å². The minimum absolute atomic E-state index is 0.0522. The van der Waals surface area contributed by atoms with E-state index in [1.165, 1.54) is 18.4 Å². The quantitative estimate of drug-likeness (QED) is 0.855. The van der Waals surface area contributed by atoms with E-state index < -0.39 is 0 Å². The maximum atomic E-state index is 10.1. The number of hydrogen-bond donors (Lipinski definition) is 1. The van der Waals surface area contributed by atoms with Crippen LogP contribution in [0.4, 0.5) is 0 Å². The molecule has 1 aliphatic rings. The Morgan fingerprint density at radius 3 is 2.88 bits per heavy atom. The molecule has 0 bridgehead atoms. The summed E-state index contributed by atoms with van der Waals surface area (Å²) in [7, 11) is 0. The summed E-state index contributed by atoms with van der Waals surface area (Å²) in [6, 6.07) is 2.21. The lowest BCUT2D eigenvalue weighted by molar-refractivity contribution is 0.0338. The van der Waals surface area contributed by atoms with E-state index in [9.17, 15) is 5.11 Å². The van der Waals surface area contributed by atoms with Crippen molar-refractivity contribution >= 4 is 11.3 Å². The monoisotopic (exact) mass is 252 g/mol. The summed E-state index contributed by atoms with van der Waals surface area (Å²) in [4.78, 5) is 0. The predicted octanol–water partition coefficient (Wildman–Crippen LogP) is 4.11. The van der Waals surface area contributed by atoms with Crippen LogP contribution >= 0.6 is 11.3 Å². The van der Waals surface area contributed by atoms with E-state index >= 15 is 0 Å². The largest absolute Gasteiger partial charge is 0.393 e. The van der Waals surface area contributed by atoms with E-state index in [0.29, 0.717) is 5.92 Å². The molecule has 2 rings (SSSR count). The molecule has 0 amide bonds. The van der Waals surface area contributed by atoms with Gasteiger partial charge < -0.3 is 5.11 Å². The fourth-order valence-electron chi connectivity index (χ4n) is 2.99. The number of rotatable bonds is 4. The van der Waals surface area contributed by atoms with Gasteiger partial charge in [-0.1, -0.05) is 13.8 Å². The van der Waals surface area contributed by atoms with Crippen LogP contribution in [-0.4, -0.2) is 11.2 Å². The first-order chi connectivity index (χ1) is 8.16. The minimum atomic E-state index is -0.0522. The number of aliphatic hydroxyl groups is 1. The van der Waals surface area contributed by atoms with Gasteiger partial charge in [-0.05, 0) is 72.2 Å². The molecule has 0 spiro atoms. The van der Waals surface area contributed by atoms with Gasteiger partial charge in [0.25, 0.3) is 0 Å². The van der Waals surface area contributed by atoms with Crippen LogP contribution in [0.1, 0.15) is 45.1 Å². The molecule has 0 aliphatic heterocycles. The third kappa shape index (κ3) is 3.56. The van der Waals surface area contributed by atoms with Gasteiger partial charge in [0.2, 0.25) is 0 Å². The van der Waals surface area contributed by atoms with Gasteiger partial charge in [-0.2, -0.15) is 11.3 Å². The molecule has 0 saturated heterocycles. The minimum Gasteiger partial charge on any atom is -0.393 e. The van der Waals surface area contributed by atoms with Crippen LogP contribution in [0.2, 0.25) is 0 Å². The second-order valence-corrected chi connectivity index (χ2v) is 6.59. The molecular formula is C15H24OS. The normalized spacial score (nSPS) is 29.8. The van der Waals surface area contributed by atoms with Gasteiger partial charge in [0.1, 0.15) is 0 Å². The van der Waals surface area contributed by atoms with E-state index in [4.69, 9.17) is 0 Å². The number of aliphatic hydroxyl groups excluding tert-OH is 1. The Bertz CT molecular complexity index is 318. The second-order valence-electron chi connectivity index (χ2n) is 5.81. The lowest BCUT2D eigenvalue weighted by Gasteiger charge is -2.35. The van der Waals surface area contributed by atoms with Crippen molar-refractivity contribution in [1.29, 1.82) is 0 Å². The zero-order valence-electron chi connectivity index (χ0n) is 10.9. The zero-order chi connectivity index (χ0) is 12.3. The average molecular weight is 252 g/mol. The van der Waals surface area contributed by atoms with Crippen LogP contribution < -0.4 is 0 Å². The Morgan fingerprint density at radius 2 is 2.24 bits per heavy atom. The molecule has 0 aromatic carbocycles. The van der Waals surface area contributed by atoms with E-state index in [1.54, 1.807) is 11.3 Å². The van der Waals surface area contributed by atoms with E-state index in [-0.39, 0.29) is 6.10 Å². The number of thiophene rings is 1. The molecule has 1 aromatic rings. The molecule has 1 nitrogen and oxygen atoms in total. The third-order valence-corrected chi connectivity index (χ3v) is 5.04. The van der Waals surface area contributed by atoms with Crippen molar-refractivity contribution in [3.63, 3.8) is 0 Å². The van der Waals surface area contributed by atoms with Gasteiger partial charge >= 0.3 is 0 Å². The lowest BCUT2D eigenvalue weighted by Crippen LogP contribution is -2.31. The molecule has 3 atom stereocenters. The highest BCUT2D eigenvalue weighted by Crippen LogP contribution is 2.36. The Balaban J connectivity index is 1.85. The fraction of sp³-hybridized carbons (Fsp3) is 0.733. The summed E-state index contributed by atoms with van der Waals surface area (Å²) < 4.78 is 0. The molecule has 3 unspecified atom stereocenters. The second kappa shape index (κ2) is 6.01. The maximum absolute atomic E-state index is 10.1. The molecule has 96 valence electrons. The van der Waals surface area contributed by atoms with Gasteiger partial charge in [-0.25, -0.2) is 0 Å². The van der Waals surface area contributed by atoms with Crippen molar-refractivity contribution in [3.8, 4) is 0 Å².